The molecule has 6 heteroatoms. The number of hydrogen-bond acceptors (Lipinski definition) is 5. The number of aliphatic carboxylic acids is 1. The maximum atomic E-state index is 10.3. The van der Waals surface area contributed by atoms with Crippen molar-refractivity contribution in [2.24, 2.45) is 0 Å². The fourth-order valence-electron chi connectivity index (χ4n) is 1.03. The van der Waals surface area contributed by atoms with Crippen LogP contribution >= 0.6 is 0 Å². The first-order valence-electron chi connectivity index (χ1n) is 4.89. The fraction of sp³-hybridized carbons (Fsp3) is 0.667. The fourth-order valence-corrected chi connectivity index (χ4v) is 1.03. The van der Waals surface area contributed by atoms with Gasteiger partial charge in [0.05, 0.1) is 0 Å². The summed E-state index contributed by atoms with van der Waals surface area (Å²) >= 11 is 0. The third kappa shape index (κ3) is 3.57. The first-order chi connectivity index (χ1) is 7.13. The Morgan fingerprint density at radius 1 is 1.60 bits per heavy atom. The summed E-state index contributed by atoms with van der Waals surface area (Å²) < 4.78 is 4.97. The molecule has 0 amide bonds. The molecule has 0 fully saturated rings. The van der Waals surface area contributed by atoms with E-state index >= 15 is 0 Å². The molecular weight excluding hydrogens is 198 g/mol. The number of anilines is 1. The number of nitrogens with zero attached hydrogens (tertiary/aromatic N) is 3. The molecule has 1 aromatic heterocycles. The van der Waals surface area contributed by atoms with Crippen LogP contribution in [0.25, 0.3) is 0 Å². The molecule has 1 N–H and O–H groups in total. The standard InChI is InChI=1S/C9H15N3O3/c1-3-12(2)9-10-7(15-11-9)5-4-6-8(13)14/h3-6H2,1-2H3,(H,13,14). The summed E-state index contributed by atoms with van der Waals surface area (Å²) in [4.78, 5) is 16.3. The minimum absolute atomic E-state index is 0.126. The van der Waals surface area contributed by atoms with Crippen molar-refractivity contribution in [1.82, 2.24) is 10.1 Å². The molecule has 0 spiro atoms. The van der Waals surface area contributed by atoms with Gasteiger partial charge in [0.25, 0.3) is 5.95 Å². The highest BCUT2D eigenvalue weighted by Crippen LogP contribution is 2.09. The normalized spacial score (nSPS) is 10.3. The second kappa shape index (κ2) is 5.33. The SMILES string of the molecule is CCN(C)c1noc(CCCC(=O)O)n1. The van der Waals surface area contributed by atoms with Gasteiger partial charge in [0.2, 0.25) is 5.89 Å². The first kappa shape index (κ1) is 11.5. The van der Waals surface area contributed by atoms with Crippen molar-refractivity contribution >= 4 is 11.9 Å². The van der Waals surface area contributed by atoms with Crippen LogP contribution in [0.2, 0.25) is 0 Å². The van der Waals surface area contributed by atoms with Crippen LogP contribution < -0.4 is 4.90 Å². The van der Waals surface area contributed by atoms with Gasteiger partial charge in [-0.25, -0.2) is 0 Å². The molecule has 0 saturated carbocycles. The maximum Gasteiger partial charge on any atom is 0.303 e. The topological polar surface area (TPSA) is 79.5 Å². The highest BCUT2D eigenvalue weighted by atomic mass is 16.5. The molecule has 1 aromatic rings. The number of aryl methyl sites for hydroxylation is 1. The van der Waals surface area contributed by atoms with Gasteiger partial charge in [-0.15, -0.1) is 0 Å². The molecule has 0 aliphatic heterocycles. The highest BCUT2D eigenvalue weighted by molar-refractivity contribution is 5.66. The van der Waals surface area contributed by atoms with Crippen LogP contribution in [0, 0.1) is 0 Å². The zero-order chi connectivity index (χ0) is 11.3. The molecule has 0 aliphatic carbocycles. The Labute approximate surface area is 87.9 Å². The number of rotatable bonds is 6. The van der Waals surface area contributed by atoms with Crippen LogP contribution in [0.15, 0.2) is 4.52 Å². The van der Waals surface area contributed by atoms with E-state index < -0.39 is 5.97 Å². The molecule has 1 heterocycles. The Bertz CT molecular complexity index is 324. The first-order valence-corrected chi connectivity index (χ1v) is 4.89. The lowest BCUT2D eigenvalue weighted by atomic mass is 10.2. The minimum atomic E-state index is -0.805. The van der Waals surface area contributed by atoms with Crippen molar-refractivity contribution < 1.29 is 14.4 Å². The van der Waals surface area contributed by atoms with Crippen molar-refractivity contribution in [2.75, 3.05) is 18.5 Å². The number of carboxylic acid groups (broad SMARTS) is 1. The summed E-state index contributed by atoms with van der Waals surface area (Å²) in [6.45, 7) is 2.79. The van der Waals surface area contributed by atoms with Crippen molar-refractivity contribution in [1.29, 1.82) is 0 Å². The molecule has 0 aliphatic rings. The molecule has 6 nitrogen and oxygen atoms in total. The highest BCUT2D eigenvalue weighted by Gasteiger charge is 2.09. The second-order valence-electron chi connectivity index (χ2n) is 3.25. The Kier molecular flexibility index (Phi) is 4.08. The van der Waals surface area contributed by atoms with Crippen LogP contribution in [0.1, 0.15) is 25.7 Å². The maximum absolute atomic E-state index is 10.3. The molecule has 0 radical (unpaired) electrons. The van der Waals surface area contributed by atoms with Crippen LogP contribution in [0.3, 0.4) is 0 Å². The Hall–Kier alpha value is -1.59. The number of aromatic nitrogens is 2. The average molecular weight is 213 g/mol. The van der Waals surface area contributed by atoms with Gasteiger partial charge in [-0.3, -0.25) is 4.79 Å². The van der Waals surface area contributed by atoms with E-state index in [9.17, 15) is 4.79 Å². The zero-order valence-electron chi connectivity index (χ0n) is 8.93. The molecule has 0 saturated heterocycles. The van der Waals surface area contributed by atoms with Gasteiger partial charge in [-0.2, -0.15) is 4.98 Å². The summed E-state index contributed by atoms with van der Waals surface area (Å²) in [5.74, 6) is 0.231. The molecule has 1 rings (SSSR count). The largest absolute Gasteiger partial charge is 0.481 e. The van der Waals surface area contributed by atoms with Gasteiger partial charge in [-0.1, -0.05) is 0 Å². The number of hydrogen-bond donors (Lipinski definition) is 1. The molecule has 0 bridgehead atoms. The van der Waals surface area contributed by atoms with Crippen LogP contribution in [0.5, 0.6) is 0 Å². The van der Waals surface area contributed by atoms with Crippen molar-refractivity contribution in [3.8, 4) is 0 Å². The summed E-state index contributed by atoms with van der Waals surface area (Å²) in [7, 11) is 1.87. The molecule has 0 aromatic carbocycles. The molecule has 15 heavy (non-hydrogen) atoms. The number of carbonyl (C=O) groups is 1. The summed E-state index contributed by atoms with van der Waals surface area (Å²) in [6.07, 6.45) is 1.16. The molecular formula is C9H15N3O3. The predicted octanol–water partition coefficient (Wildman–Crippen LogP) is 0.933. The van der Waals surface area contributed by atoms with E-state index in [4.69, 9.17) is 9.63 Å². The van der Waals surface area contributed by atoms with E-state index in [0.717, 1.165) is 6.54 Å². The Balaban J connectivity index is 2.42. The lowest BCUT2D eigenvalue weighted by molar-refractivity contribution is -0.137. The van der Waals surface area contributed by atoms with Crippen LogP contribution in [0.4, 0.5) is 5.95 Å². The summed E-state index contributed by atoms with van der Waals surface area (Å²) in [5.41, 5.74) is 0. The van der Waals surface area contributed by atoms with E-state index in [1.165, 1.54) is 0 Å². The van der Waals surface area contributed by atoms with Crippen molar-refractivity contribution in [3.63, 3.8) is 0 Å². The monoisotopic (exact) mass is 213 g/mol. The van der Waals surface area contributed by atoms with Gasteiger partial charge in [0.1, 0.15) is 0 Å². The smallest absolute Gasteiger partial charge is 0.303 e. The zero-order valence-corrected chi connectivity index (χ0v) is 8.93. The van der Waals surface area contributed by atoms with E-state index in [2.05, 4.69) is 10.1 Å². The van der Waals surface area contributed by atoms with Crippen molar-refractivity contribution in [3.05, 3.63) is 5.89 Å². The van der Waals surface area contributed by atoms with E-state index in [-0.39, 0.29) is 6.42 Å². The molecule has 84 valence electrons. The molecule has 0 atom stereocenters. The quantitative estimate of drug-likeness (QED) is 0.757. The summed E-state index contributed by atoms with van der Waals surface area (Å²) in [5, 5.41) is 12.2. The van der Waals surface area contributed by atoms with Crippen LogP contribution in [-0.4, -0.2) is 34.8 Å². The Morgan fingerprint density at radius 3 is 2.93 bits per heavy atom. The minimum Gasteiger partial charge on any atom is -0.481 e. The van der Waals surface area contributed by atoms with E-state index in [0.29, 0.717) is 24.7 Å². The van der Waals surface area contributed by atoms with Gasteiger partial charge < -0.3 is 14.5 Å². The average Bonchev–Trinajstić information content (AvgIpc) is 2.65. The van der Waals surface area contributed by atoms with E-state index in [1.807, 2.05) is 18.9 Å². The lowest BCUT2D eigenvalue weighted by Crippen LogP contribution is -2.17. The van der Waals surface area contributed by atoms with Gasteiger partial charge in [-0.05, 0) is 18.5 Å². The third-order valence-electron chi connectivity index (χ3n) is 2.05. The number of carboxylic acids is 1. The molecule has 0 unspecified atom stereocenters. The second-order valence-corrected chi connectivity index (χ2v) is 3.25. The lowest BCUT2D eigenvalue weighted by Gasteiger charge is -2.08. The van der Waals surface area contributed by atoms with Gasteiger partial charge in [0, 0.05) is 26.4 Å². The van der Waals surface area contributed by atoms with Gasteiger partial charge in [0.15, 0.2) is 0 Å². The predicted molar refractivity (Wildman–Crippen MR) is 53.8 cm³/mol. The van der Waals surface area contributed by atoms with Crippen molar-refractivity contribution in [2.45, 2.75) is 26.2 Å². The Morgan fingerprint density at radius 2 is 2.33 bits per heavy atom. The third-order valence-corrected chi connectivity index (χ3v) is 2.05. The van der Waals surface area contributed by atoms with E-state index in [1.54, 1.807) is 0 Å². The summed E-state index contributed by atoms with van der Waals surface area (Å²) in [6, 6.07) is 0. The van der Waals surface area contributed by atoms with Crippen LogP contribution in [-0.2, 0) is 11.2 Å². The van der Waals surface area contributed by atoms with Gasteiger partial charge >= 0.3 is 5.97 Å².